The van der Waals surface area contributed by atoms with Crippen molar-refractivity contribution in [1.82, 2.24) is 0 Å². The largest absolute Gasteiger partial charge is 0.274 e. The third kappa shape index (κ3) is 1.46. The molecule has 0 saturated carbocycles. The zero-order valence-electron chi connectivity index (χ0n) is 4.97. The van der Waals surface area contributed by atoms with E-state index in [0.29, 0.717) is 4.90 Å². The molecule has 0 amide bonds. The Morgan fingerprint density at radius 1 is 1.20 bits per heavy atom. The lowest BCUT2D eigenvalue weighted by Gasteiger charge is -1.94. The van der Waals surface area contributed by atoms with Crippen LogP contribution in [0.4, 0.5) is 8.78 Å². The second-order valence-electron chi connectivity index (χ2n) is 1.69. The van der Waals surface area contributed by atoms with Gasteiger partial charge in [-0.05, 0) is 30.1 Å². The minimum Gasteiger partial charge on any atom is -0.274 e. The molecule has 0 aromatic heterocycles. The molecule has 4 heteroatoms. The zero-order chi connectivity index (χ0) is 7.56. The zero-order valence-corrected chi connectivity index (χ0v) is 5.79. The molecule has 0 aliphatic heterocycles. The molecule has 0 fully saturated rings. The number of hydrogen-bond acceptors (Lipinski definition) is 2. The topological polar surface area (TPSA) is 26.0 Å². The van der Waals surface area contributed by atoms with Gasteiger partial charge in [0.05, 0.1) is 0 Å². The van der Waals surface area contributed by atoms with E-state index in [1.54, 1.807) is 0 Å². The summed E-state index contributed by atoms with van der Waals surface area (Å²) in [4.78, 5) is 0.513. The van der Waals surface area contributed by atoms with Crippen LogP contribution in [0, 0.1) is 11.6 Å². The molecule has 0 radical (unpaired) electrons. The van der Waals surface area contributed by atoms with Gasteiger partial charge in [0.15, 0.2) is 11.6 Å². The van der Waals surface area contributed by atoms with Gasteiger partial charge in [-0.25, -0.2) is 8.78 Å². The Morgan fingerprint density at radius 2 is 1.90 bits per heavy atom. The molecule has 1 nitrogen and oxygen atoms in total. The summed E-state index contributed by atoms with van der Waals surface area (Å²) in [5, 5.41) is 5.10. The van der Waals surface area contributed by atoms with Crippen molar-refractivity contribution in [3.05, 3.63) is 29.8 Å². The molecule has 1 rings (SSSR count). The SMILES string of the molecule is NSc1ccc(F)c(F)c1. The first-order valence-electron chi connectivity index (χ1n) is 2.56. The molecule has 0 aliphatic carbocycles. The van der Waals surface area contributed by atoms with Crippen LogP contribution in [-0.4, -0.2) is 0 Å². The van der Waals surface area contributed by atoms with Gasteiger partial charge in [-0.2, -0.15) is 0 Å². The first-order valence-corrected chi connectivity index (χ1v) is 3.44. The second kappa shape index (κ2) is 2.98. The van der Waals surface area contributed by atoms with Gasteiger partial charge < -0.3 is 0 Å². The van der Waals surface area contributed by atoms with Gasteiger partial charge in [0, 0.05) is 4.90 Å². The third-order valence-corrected chi connectivity index (χ3v) is 1.55. The van der Waals surface area contributed by atoms with E-state index in [2.05, 4.69) is 0 Å². The Bertz CT molecular complexity index is 239. The Hall–Kier alpha value is -0.610. The fourth-order valence-corrected chi connectivity index (χ4v) is 0.868. The van der Waals surface area contributed by atoms with Crippen molar-refractivity contribution in [2.45, 2.75) is 4.90 Å². The van der Waals surface area contributed by atoms with Crippen LogP contribution in [0.1, 0.15) is 0 Å². The van der Waals surface area contributed by atoms with Gasteiger partial charge in [0.25, 0.3) is 0 Å². The number of halogens is 2. The quantitative estimate of drug-likeness (QED) is 0.637. The molecule has 54 valence electrons. The van der Waals surface area contributed by atoms with Crippen LogP contribution >= 0.6 is 11.9 Å². The van der Waals surface area contributed by atoms with Crippen LogP contribution in [0.25, 0.3) is 0 Å². The van der Waals surface area contributed by atoms with E-state index in [-0.39, 0.29) is 0 Å². The Balaban J connectivity index is 3.04. The monoisotopic (exact) mass is 161 g/mol. The average molecular weight is 161 g/mol. The van der Waals surface area contributed by atoms with Crippen LogP contribution < -0.4 is 5.14 Å². The predicted molar refractivity (Wildman–Crippen MR) is 36.4 cm³/mol. The highest BCUT2D eigenvalue weighted by Gasteiger charge is 2.00. The van der Waals surface area contributed by atoms with E-state index in [9.17, 15) is 8.78 Å². The number of hydrogen-bond donors (Lipinski definition) is 1. The molecule has 0 unspecified atom stereocenters. The number of rotatable bonds is 1. The summed E-state index contributed by atoms with van der Waals surface area (Å²) < 4.78 is 24.5. The van der Waals surface area contributed by atoms with E-state index >= 15 is 0 Å². The smallest absolute Gasteiger partial charge is 0.159 e. The molecular formula is C6H5F2NS. The molecule has 1 aromatic rings. The Labute approximate surface area is 61.4 Å². The number of benzene rings is 1. The second-order valence-corrected chi connectivity index (χ2v) is 2.40. The molecule has 0 atom stereocenters. The van der Waals surface area contributed by atoms with Gasteiger partial charge in [-0.1, -0.05) is 0 Å². The first kappa shape index (κ1) is 7.50. The van der Waals surface area contributed by atoms with Gasteiger partial charge in [0.2, 0.25) is 0 Å². The molecule has 1 aromatic carbocycles. The van der Waals surface area contributed by atoms with E-state index in [1.807, 2.05) is 0 Å². The third-order valence-electron chi connectivity index (χ3n) is 1.03. The minimum absolute atomic E-state index is 0.513. The lowest BCUT2D eigenvalue weighted by molar-refractivity contribution is 0.506. The maximum absolute atomic E-state index is 12.3. The van der Waals surface area contributed by atoms with E-state index in [0.717, 1.165) is 24.1 Å². The summed E-state index contributed by atoms with van der Waals surface area (Å²) in [6.07, 6.45) is 0. The molecule has 0 aliphatic rings. The summed E-state index contributed by atoms with van der Waals surface area (Å²) in [5.74, 6) is -1.71. The van der Waals surface area contributed by atoms with Crippen molar-refractivity contribution in [2.24, 2.45) is 5.14 Å². The van der Waals surface area contributed by atoms with Crippen LogP contribution in [-0.2, 0) is 0 Å². The number of nitrogens with two attached hydrogens (primary N) is 1. The Kier molecular flexibility index (Phi) is 2.24. The molecule has 0 saturated heterocycles. The fraction of sp³-hybridized carbons (Fsp3) is 0. The van der Waals surface area contributed by atoms with Crippen molar-refractivity contribution in [3.63, 3.8) is 0 Å². The van der Waals surface area contributed by atoms with E-state index in [1.165, 1.54) is 6.07 Å². The van der Waals surface area contributed by atoms with Crippen LogP contribution in [0.15, 0.2) is 23.1 Å². The predicted octanol–water partition coefficient (Wildman–Crippen LogP) is 1.93. The molecule has 2 N–H and O–H groups in total. The van der Waals surface area contributed by atoms with Crippen molar-refractivity contribution in [1.29, 1.82) is 0 Å². The normalized spacial score (nSPS) is 9.90. The molecule has 0 heterocycles. The minimum atomic E-state index is -0.865. The molecule has 0 spiro atoms. The maximum atomic E-state index is 12.3. The summed E-state index contributed by atoms with van der Waals surface area (Å²) in [6, 6.07) is 3.52. The van der Waals surface area contributed by atoms with Crippen molar-refractivity contribution < 1.29 is 8.78 Å². The first-order chi connectivity index (χ1) is 4.74. The van der Waals surface area contributed by atoms with Gasteiger partial charge in [-0.3, -0.25) is 5.14 Å². The van der Waals surface area contributed by atoms with Crippen molar-refractivity contribution in [2.75, 3.05) is 0 Å². The molecule has 0 bridgehead atoms. The van der Waals surface area contributed by atoms with Crippen molar-refractivity contribution in [3.8, 4) is 0 Å². The van der Waals surface area contributed by atoms with E-state index in [4.69, 9.17) is 5.14 Å². The lowest BCUT2D eigenvalue weighted by Crippen LogP contribution is -1.85. The Morgan fingerprint density at radius 3 is 2.40 bits per heavy atom. The highest BCUT2D eigenvalue weighted by molar-refractivity contribution is 7.97. The van der Waals surface area contributed by atoms with Gasteiger partial charge in [0.1, 0.15) is 0 Å². The summed E-state index contributed by atoms with van der Waals surface area (Å²) in [6.45, 7) is 0. The van der Waals surface area contributed by atoms with Crippen LogP contribution in [0.2, 0.25) is 0 Å². The van der Waals surface area contributed by atoms with Crippen molar-refractivity contribution >= 4 is 11.9 Å². The lowest BCUT2D eigenvalue weighted by atomic mass is 10.3. The highest BCUT2D eigenvalue weighted by Crippen LogP contribution is 2.14. The summed E-state index contributed by atoms with van der Waals surface area (Å²) >= 11 is 0.885. The maximum Gasteiger partial charge on any atom is 0.159 e. The standard InChI is InChI=1S/C6H5F2NS/c7-5-2-1-4(10-9)3-6(5)8/h1-3H,9H2. The summed E-state index contributed by atoms with van der Waals surface area (Å²) in [7, 11) is 0. The summed E-state index contributed by atoms with van der Waals surface area (Å²) in [5.41, 5.74) is 0. The van der Waals surface area contributed by atoms with Gasteiger partial charge in [-0.15, -0.1) is 0 Å². The average Bonchev–Trinajstić information content (AvgIpc) is 1.95. The van der Waals surface area contributed by atoms with Crippen LogP contribution in [0.3, 0.4) is 0 Å². The fourth-order valence-electron chi connectivity index (χ4n) is 0.550. The highest BCUT2D eigenvalue weighted by atomic mass is 32.2. The van der Waals surface area contributed by atoms with E-state index < -0.39 is 11.6 Å². The van der Waals surface area contributed by atoms with Crippen LogP contribution in [0.5, 0.6) is 0 Å². The molecular weight excluding hydrogens is 156 g/mol. The molecule has 10 heavy (non-hydrogen) atoms. The van der Waals surface area contributed by atoms with Gasteiger partial charge >= 0.3 is 0 Å².